The molecule has 12 aromatic rings. The Morgan fingerprint density at radius 3 is 1.75 bits per heavy atom. The molecular weight excluding hydrogens is 789 g/mol. The van der Waals surface area contributed by atoms with E-state index >= 15 is 0 Å². The SMILES string of the molecule is c1cncc(N(c2ccc(-c3nc4ccccc4s3)cc2)c2ccc3cc4c(cc3c2)sc2cc(N(c3ccc(-c5nc6ccccc6o5)cc3)c3cccnc3)ccc24)c1. The number of thiazole rings is 1. The number of thiophene rings is 1. The molecule has 5 heterocycles. The minimum Gasteiger partial charge on any atom is -0.436 e. The molecule has 0 spiro atoms. The Hall–Kier alpha value is -7.72. The molecule has 0 saturated carbocycles. The van der Waals surface area contributed by atoms with Gasteiger partial charge in [0, 0.05) is 66.4 Å². The topological polar surface area (TPSA) is 71.2 Å². The van der Waals surface area contributed by atoms with Gasteiger partial charge in [-0.25, -0.2) is 9.97 Å². The summed E-state index contributed by atoms with van der Waals surface area (Å²) in [6, 6.07) is 59.5. The molecule has 0 aliphatic rings. The zero-order valence-corrected chi connectivity index (χ0v) is 34.0. The third kappa shape index (κ3) is 6.35. The molecule has 12 rings (SSSR count). The van der Waals surface area contributed by atoms with Crippen molar-refractivity contribution in [2.75, 3.05) is 9.80 Å². The van der Waals surface area contributed by atoms with Crippen LogP contribution in [0.15, 0.2) is 199 Å². The van der Waals surface area contributed by atoms with Gasteiger partial charge in [-0.15, -0.1) is 22.7 Å². The summed E-state index contributed by atoms with van der Waals surface area (Å²) < 4.78 is 9.71. The molecule has 0 aliphatic carbocycles. The number of nitrogens with zero attached hydrogens (tertiary/aromatic N) is 6. The zero-order chi connectivity index (χ0) is 40.3. The van der Waals surface area contributed by atoms with Gasteiger partial charge in [0.05, 0.1) is 34.0 Å². The average molecular weight is 821 g/mol. The highest BCUT2D eigenvalue weighted by Gasteiger charge is 2.18. The summed E-state index contributed by atoms with van der Waals surface area (Å²) in [7, 11) is 0. The summed E-state index contributed by atoms with van der Waals surface area (Å²) in [5.41, 5.74) is 10.8. The lowest BCUT2D eigenvalue weighted by Crippen LogP contribution is -2.10. The van der Waals surface area contributed by atoms with Gasteiger partial charge in [-0.1, -0.05) is 36.4 Å². The number of para-hydroxylation sites is 3. The number of rotatable bonds is 8. The van der Waals surface area contributed by atoms with E-state index in [1.807, 2.05) is 72.4 Å². The van der Waals surface area contributed by atoms with Gasteiger partial charge in [0.2, 0.25) is 5.89 Å². The predicted octanol–water partition coefficient (Wildman–Crippen LogP) is 15.0. The normalized spacial score (nSPS) is 11.6. The molecule has 61 heavy (non-hydrogen) atoms. The van der Waals surface area contributed by atoms with Crippen LogP contribution in [0.25, 0.3) is 74.3 Å². The van der Waals surface area contributed by atoms with E-state index in [-0.39, 0.29) is 0 Å². The van der Waals surface area contributed by atoms with Crippen LogP contribution in [0.2, 0.25) is 0 Å². The maximum Gasteiger partial charge on any atom is 0.227 e. The Balaban J connectivity index is 0.903. The van der Waals surface area contributed by atoms with Crippen LogP contribution in [0.3, 0.4) is 0 Å². The van der Waals surface area contributed by atoms with Crippen molar-refractivity contribution in [2.45, 2.75) is 0 Å². The van der Waals surface area contributed by atoms with Crippen LogP contribution < -0.4 is 9.80 Å². The Morgan fingerprint density at radius 1 is 0.410 bits per heavy atom. The highest BCUT2D eigenvalue weighted by atomic mass is 32.1. The van der Waals surface area contributed by atoms with E-state index < -0.39 is 0 Å². The maximum absolute atomic E-state index is 6.07. The number of pyridine rings is 2. The molecule has 0 unspecified atom stereocenters. The minimum atomic E-state index is 0.604. The van der Waals surface area contributed by atoms with Gasteiger partial charge in [-0.05, 0) is 144 Å². The molecule has 0 fully saturated rings. The molecule has 0 radical (unpaired) electrons. The molecule has 9 heteroatoms. The fourth-order valence-corrected chi connectivity index (χ4v) is 10.3. The molecule has 288 valence electrons. The first kappa shape index (κ1) is 35.2. The van der Waals surface area contributed by atoms with Crippen LogP contribution in [0.4, 0.5) is 34.1 Å². The number of hydrogen-bond donors (Lipinski definition) is 0. The quantitative estimate of drug-likeness (QED) is 0.151. The molecule has 5 aromatic heterocycles. The van der Waals surface area contributed by atoms with Crippen LogP contribution in [0.1, 0.15) is 0 Å². The third-order valence-corrected chi connectivity index (χ3v) is 13.3. The standard InChI is InChI=1S/C52H32N6OS2/c1-3-11-47-45(9-1)55-51(59-47)33-13-18-37(19-14-33)58(42-8-6-26-54-32-42)40-23-24-43-44-28-35-17-22-39(27-36(35)29-49(44)60-50(43)30-40)57(41-7-5-25-53-31-41)38-20-15-34(16-21-38)52-56-46-10-2-4-12-48(46)61-52/h1-32H. The van der Waals surface area contributed by atoms with Crippen molar-refractivity contribution in [3.63, 3.8) is 0 Å². The molecular formula is C52H32N6OS2. The number of aromatic nitrogens is 4. The Kier molecular flexibility index (Phi) is 8.39. The van der Waals surface area contributed by atoms with E-state index in [2.05, 4.69) is 147 Å². The van der Waals surface area contributed by atoms with Crippen molar-refractivity contribution in [3.05, 3.63) is 195 Å². The van der Waals surface area contributed by atoms with Gasteiger partial charge < -0.3 is 14.2 Å². The predicted molar refractivity (Wildman–Crippen MR) is 253 cm³/mol. The highest BCUT2D eigenvalue weighted by molar-refractivity contribution is 7.26. The Labute approximate surface area is 358 Å². The summed E-state index contributed by atoms with van der Waals surface area (Å²) in [6.45, 7) is 0. The summed E-state index contributed by atoms with van der Waals surface area (Å²) in [5, 5.41) is 5.86. The summed E-state index contributed by atoms with van der Waals surface area (Å²) in [4.78, 5) is 23.1. The van der Waals surface area contributed by atoms with Crippen molar-refractivity contribution in [2.24, 2.45) is 0 Å². The van der Waals surface area contributed by atoms with Gasteiger partial charge in [-0.2, -0.15) is 0 Å². The number of fused-ring (bicyclic) bond motifs is 6. The number of oxazole rings is 1. The first-order valence-corrected chi connectivity index (χ1v) is 21.5. The van der Waals surface area contributed by atoms with Crippen LogP contribution in [-0.2, 0) is 0 Å². The lowest BCUT2D eigenvalue weighted by Gasteiger charge is -2.25. The third-order valence-electron chi connectivity index (χ3n) is 11.1. The van der Waals surface area contributed by atoms with Crippen molar-refractivity contribution >= 4 is 109 Å². The van der Waals surface area contributed by atoms with Crippen LogP contribution in [-0.4, -0.2) is 19.9 Å². The van der Waals surface area contributed by atoms with E-state index in [1.165, 1.54) is 35.6 Å². The van der Waals surface area contributed by atoms with Crippen LogP contribution >= 0.6 is 22.7 Å². The Morgan fingerprint density at radius 2 is 1.05 bits per heavy atom. The molecule has 0 atom stereocenters. The smallest absolute Gasteiger partial charge is 0.227 e. The monoisotopic (exact) mass is 820 g/mol. The second-order valence-corrected chi connectivity index (χ2v) is 16.9. The van der Waals surface area contributed by atoms with Gasteiger partial charge in [0.1, 0.15) is 10.5 Å². The van der Waals surface area contributed by atoms with E-state index in [9.17, 15) is 0 Å². The highest BCUT2D eigenvalue weighted by Crippen LogP contribution is 2.44. The minimum absolute atomic E-state index is 0.604. The van der Waals surface area contributed by atoms with Crippen LogP contribution in [0, 0.1) is 0 Å². The fourth-order valence-electron chi connectivity index (χ4n) is 8.14. The first-order chi connectivity index (χ1) is 30.2. The number of hydrogen-bond acceptors (Lipinski definition) is 9. The second-order valence-electron chi connectivity index (χ2n) is 14.8. The van der Waals surface area contributed by atoms with E-state index in [0.29, 0.717) is 5.89 Å². The van der Waals surface area contributed by atoms with Gasteiger partial charge >= 0.3 is 0 Å². The molecule has 0 N–H and O–H groups in total. The molecule has 0 amide bonds. The number of anilines is 6. The zero-order valence-electron chi connectivity index (χ0n) is 32.4. The fraction of sp³-hybridized carbons (Fsp3) is 0. The Bertz CT molecular complexity index is 3310. The van der Waals surface area contributed by atoms with Gasteiger partial charge in [-0.3, -0.25) is 9.97 Å². The van der Waals surface area contributed by atoms with Gasteiger partial charge in [0.25, 0.3) is 0 Å². The lowest BCUT2D eigenvalue weighted by molar-refractivity contribution is 0.620. The maximum atomic E-state index is 6.07. The van der Waals surface area contributed by atoms with Gasteiger partial charge in [0.15, 0.2) is 5.58 Å². The summed E-state index contributed by atoms with van der Waals surface area (Å²) in [5.74, 6) is 0.604. The average Bonchev–Trinajstić information content (AvgIpc) is 4.05. The van der Waals surface area contributed by atoms with Crippen molar-refractivity contribution < 1.29 is 4.42 Å². The van der Waals surface area contributed by atoms with E-state index in [4.69, 9.17) is 14.4 Å². The molecule has 7 aromatic carbocycles. The summed E-state index contributed by atoms with van der Waals surface area (Å²) in [6.07, 6.45) is 7.44. The largest absolute Gasteiger partial charge is 0.436 e. The first-order valence-electron chi connectivity index (χ1n) is 19.9. The van der Waals surface area contributed by atoms with Crippen LogP contribution in [0.5, 0.6) is 0 Å². The molecule has 0 saturated heterocycles. The second kappa shape index (κ2) is 14.5. The van der Waals surface area contributed by atoms with Crippen molar-refractivity contribution in [1.82, 2.24) is 19.9 Å². The molecule has 7 nitrogen and oxygen atoms in total. The van der Waals surface area contributed by atoms with E-state index in [0.717, 1.165) is 66.9 Å². The lowest BCUT2D eigenvalue weighted by atomic mass is 10.0. The van der Waals surface area contributed by atoms with E-state index in [1.54, 1.807) is 17.5 Å². The molecule has 0 bridgehead atoms. The summed E-state index contributed by atoms with van der Waals surface area (Å²) >= 11 is 3.53. The number of benzene rings is 7. The molecule has 0 aliphatic heterocycles. The van der Waals surface area contributed by atoms with Crippen molar-refractivity contribution in [3.8, 4) is 22.0 Å². The van der Waals surface area contributed by atoms with Crippen molar-refractivity contribution in [1.29, 1.82) is 0 Å².